The minimum absolute atomic E-state index is 0.319. The number of esters is 1. The number of benzene rings is 1. The number of hydrogen-bond acceptors (Lipinski definition) is 4. The monoisotopic (exact) mass is 291 g/mol. The van der Waals surface area contributed by atoms with Crippen LogP contribution in [0.5, 0.6) is 5.75 Å². The second kappa shape index (κ2) is 7.46. The molecule has 2 unspecified atom stereocenters. The summed E-state index contributed by atoms with van der Waals surface area (Å²) in [6.07, 6.45) is 2.86. The quantitative estimate of drug-likeness (QED) is 0.819. The van der Waals surface area contributed by atoms with Crippen LogP contribution in [0.15, 0.2) is 18.2 Å². The van der Waals surface area contributed by atoms with E-state index in [1.807, 2.05) is 6.07 Å². The number of rotatable bonds is 6. The molecule has 4 nitrogen and oxygen atoms in total. The third kappa shape index (κ3) is 3.97. The second-order valence-corrected chi connectivity index (χ2v) is 5.38. The summed E-state index contributed by atoms with van der Waals surface area (Å²) in [5, 5.41) is 3.52. The Labute approximate surface area is 126 Å². The first-order chi connectivity index (χ1) is 10.2. The normalized spacial score (nSPS) is 18.7. The third-order valence-electron chi connectivity index (χ3n) is 3.81. The van der Waals surface area contributed by atoms with E-state index in [9.17, 15) is 4.79 Å². The van der Waals surface area contributed by atoms with Crippen LogP contribution < -0.4 is 10.1 Å². The zero-order valence-electron chi connectivity index (χ0n) is 13.1. The molecule has 1 aromatic rings. The molecule has 1 aliphatic carbocycles. The minimum atomic E-state index is -0.573. The number of ether oxygens (including phenoxy) is 2. The van der Waals surface area contributed by atoms with Crippen molar-refractivity contribution in [2.75, 3.05) is 13.2 Å². The largest absolute Gasteiger partial charge is 0.479 e. The lowest BCUT2D eigenvalue weighted by Crippen LogP contribution is -2.27. The summed E-state index contributed by atoms with van der Waals surface area (Å²) in [5.74, 6) is 0.423. The summed E-state index contributed by atoms with van der Waals surface area (Å²) >= 11 is 0. The van der Waals surface area contributed by atoms with Crippen LogP contribution >= 0.6 is 0 Å². The summed E-state index contributed by atoms with van der Waals surface area (Å²) in [5.41, 5.74) is 2.68. The molecule has 1 N–H and O–H groups in total. The van der Waals surface area contributed by atoms with Gasteiger partial charge >= 0.3 is 5.97 Å². The van der Waals surface area contributed by atoms with Crippen molar-refractivity contribution in [2.24, 2.45) is 0 Å². The van der Waals surface area contributed by atoms with Crippen molar-refractivity contribution in [3.63, 3.8) is 0 Å². The molecule has 21 heavy (non-hydrogen) atoms. The SMILES string of the molecule is CCNC1CCCc2cc(OC(C)C(=O)OCC)ccc21. The molecule has 2 atom stereocenters. The van der Waals surface area contributed by atoms with Crippen LogP contribution in [0, 0.1) is 0 Å². The zero-order chi connectivity index (χ0) is 15.2. The van der Waals surface area contributed by atoms with E-state index in [1.54, 1.807) is 13.8 Å². The highest BCUT2D eigenvalue weighted by atomic mass is 16.6. The fraction of sp³-hybridized carbons (Fsp3) is 0.588. The van der Waals surface area contributed by atoms with E-state index in [2.05, 4.69) is 24.4 Å². The van der Waals surface area contributed by atoms with Crippen LogP contribution in [0.25, 0.3) is 0 Å². The Bertz CT molecular complexity index is 487. The Hall–Kier alpha value is -1.55. The van der Waals surface area contributed by atoms with Gasteiger partial charge in [0, 0.05) is 6.04 Å². The molecule has 0 radical (unpaired) electrons. The van der Waals surface area contributed by atoms with Crippen molar-refractivity contribution in [2.45, 2.75) is 52.2 Å². The van der Waals surface area contributed by atoms with Gasteiger partial charge in [-0.05, 0) is 62.9 Å². The fourth-order valence-electron chi connectivity index (χ4n) is 2.83. The van der Waals surface area contributed by atoms with Gasteiger partial charge in [0.1, 0.15) is 5.75 Å². The number of hydrogen-bond donors (Lipinski definition) is 1. The smallest absolute Gasteiger partial charge is 0.347 e. The van der Waals surface area contributed by atoms with Crippen molar-refractivity contribution in [1.29, 1.82) is 0 Å². The van der Waals surface area contributed by atoms with Crippen molar-refractivity contribution in [3.8, 4) is 5.75 Å². The summed E-state index contributed by atoms with van der Waals surface area (Å²) in [6.45, 7) is 7.00. The molecule has 116 valence electrons. The van der Waals surface area contributed by atoms with Crippen LogP contribution in [0.3, 0.4) is 0 Å². The van der Waals surface area contributed by atoms with E-state index in [0.717, 1.165) is 18.7 Å². The van der Waals surface area contributed by atoms with E-state index in [1.165, 1.54) is 24.0 Å². The topological polar surface area (TPSA) is 47.6 Å². The standard InChI is InChI=1S/C17H25NO3/c1-4-18-16-8-6-7-13-11-14(9-10-15(13)16)21-12(3)17(19)20-5-2/h9-12,16,18H,4-8H2,1-3H3. The number of carbonyl (C=O) groups excluding carboxylic acids is 1. The second-order valence-electron chi connectivity index (χ2n) is 5.38. The summed E-state index contributed by atoms with van der Waals surface area (Å²) in [4.78, 5) is 11.6. The first-order valence-corrected chi connectivity index (χ1v) is 7.85. The highest BCUT2D eigenvalue weighted by Gasteiger charge is 2.21. The number of carbonyl (C=O) groups is 1. The molecule has 0 saturated heterocycles. The third-order valence-corrected chi connectivity index (χ3v) is 3.81. The Morgan fingerprint density at radius 3 is 2.95 bits per heavy atom. The van der Waals surface area contributed by atoms with E-state index in [-0.39, 0.29) is 5.97 Å². The molecular weight excluding hydrogens is 266 g/mol. The molecule has 0 heterocycles. The van der Waals surface area contributed by atoms with E-state index in [4.69, 9.17) is 9.47 Å². The van der Waals surface area contributed by atoms with E-state index < -0.39 is 6.10 Å². The van der Waals surface area contributed by atoms with Gasteiger partial charge in [0.05, 0.1) is 6.61 Å². The maximum absolute atomic E-state index is 11.6. The van der Waals surface area contributed by atoms with Gasteiger partial charge in [-0.1, -0.05) is 13.0 Å². The van der Waals surface area contributed by atoms with Crippen molar-refractivity contribution < 1.29 is 14.3 Å². The van der Waals surface area contributed by atoms with E-state index in [0.29, 0.717) is 12.6 Å². The molecule has 0 bridgehead atoms. The predicted molar refractivity (Wildman–Crippen MR) is 82.5 cm³/mol. The van der Waals surface area contributed by atoms with Gasteiger partial charge in [0.15, 0.2) is 6.10 Å². The van der Waals surface area contributed by atoms with Crippen LogP contribution in [-0.4, -0.2) is 25.2 Å². The number of aryl methyl sites for hydroxylation is 1. The van der Waals surface area contributed by atoms with Gasteiger partial charge in [0.25, 0.3) is 0 Å². The van der Waals surface area contributed by atoms with Gasteiger partial charge in [0.2, 0.25) is 0 Å². The average molecular weight is 291 g/mol. The molecule has 0 saturated carbocycles. The first-order valence-electron chi connectivity index (χ1n) is 7.85. The Balaban J connectivity index is 2.08. The molecule has 0 spiro atoms. The first kappa shape index (κ1) is 15.8. The maximum atomic E-state index is 11.6. The summed E-state index contributed by atoms with van der Waals surface area (Å²) < 4.78 is 10.7. The van der Waals surface area contributed by atoms with Crippen LogP contribution in [0.4, 0.5) is 0 Å². The average Bonchev–Trinajstić information content (AvgIpc) is 2.48. The lowest BCUT2D eigenvalue weighted by molar-refractivity contribution is -0.150. The molecule has 0 amide bonds. The van der Waals surface area contributed by atoms with Gasteiger partial charge in [-0.3, -0.25) is 0 Å². The summed E-state index contributed by atoms with van der Waals surface area (Å²) in [6, 6.07) is 6.57. The highest BCUT2D eigenvalue weighted by molar-refractivity contribution is 5.74. The Morgan fingerprint density at radius 2 is 2.24 bits per heavy atom. The van der Waals surface area contributed by atoms with Gasteiger partial charge < -0.3 is 14.8 Å². The Morgan fingerprint density at radius 1 is 1.43 bits per heavy atom. The molecular formula is C17H25NO3. The maximum Gasteiger partial charge on any atom is 0.347 e. The number of fused-ring (bicyclic) bond motifs is 1. The minimum Gasteiger partial charge on any atom is -0.479 e. The fourth-order valence-corrected chi connectivity index (χ4v) is 2.83. The zero-order valence-corrected chi connectivity index (χ0v) is 13.1. The van der Waals surface area contributed by atoms with Crippen LogP contribution in [0.1, 0.15) is 50.8 Å². The predicted octanol–water partition coefficient (Wildman–Crippen LogP) is 3.00. The molecule has 0 aliphatic heterocycles. The van der Waals surface area contributed by atoms with Crippen LogP contribution in [-0.2, 0) is 16.0 Å². The molecule has 2 rings (SSSR count). The van der Waals surface area contributed by atoms with Crippen molar-refractivity contribution >= 4 is 5.97 Å². The molecule has 0 fully saturated rings. The van der Waals surface area contributed by atoms with E-state index >= 15 is 0 Å². The van der Waals surface area contributed by atoms with Crippen LogP contribution in [0.2, 0.25) is 0 Å². The van der Waals surface area contributed by atoms with Crippen molar-refractivity contribution in [3.05, 3.63) is 29.3 Å². The number of nitrogens with one attached hydrogen (secondary N) is 1. The van der Waals surface area contributed by atoms with Gasteiger partial charge in [-0.2, -0.15) is 0 Å². The lowest BCUT2D eigenvalue weighted by atomic mass is 9.87. The molecule has 0 aromatic heterocycles. The van der Waals surface area contributed by atoms with Crippen molar-refractivity contribution in [1.82, 2.24) is 5.32 Å². The molecule has 1 aromatic carbocycles. The Kier molecular flexibility index (Phi) is 5.62. The summed E-state index contributed by atoms with van der Waals surface area (Å²) in [7, 11) is 0. The lowest BCUT2D eigenvalue weighted by Gasteiger charge is -2.27. The van der Waals surface area contributed by atoms with Gasteiger partial charge in [-0.25, -0.2) is 4.79 Å². The highest BCUT2D eigenvalue weighted by Crippen LogP contribution is 2.32. The molecule has 1 aliphatic rings. The van der Waals surface area contributed by atoms with Gasteiger partial charge in [-0.15, -0.1) is 0 Å². The molecule has 4 heteroatoms.